The van der Waals surface area contributed by atoms with Crippen LogP contribution in [0.1, 0.15) is 29.7 Å². The number of hydrogen-bond acceptors (Lipinski definition) is 6. The van der Waals surface area contributed by atoms with Crippen molar-refractivity contribution in [1.29, 1.82) is 0 Å². The molecule has 2 aliphatic rings. The van der Waals surface area contributed by atoms with E-state index < -0.39 is 0 Å². The van der Waals surface area contributed by atoms with Gasteiger partial charge < -0.3 is 14.5 Å². The van der Waals surface area contributed by atoms with Crippen molar-refractivity contribution in [2.24, 2.45) is 0 Å². The number of fused-ring (bicyclic) bond motifs is 8. The van der Waals surface area contributed by atoms with Crippen LogP contribution >= 0.6 is 79.1 Å². The maximum atomic E-state index is 11.7. The quantitative estimate of drug-likeness (QED) is 0.139. The first kappa shape index (κ1) is 27.8. The smallest absolute Gasteiger partial charge is 0.344 e. The number of carbonyl (C=O) groups excluding carboxylic acids is 1. The van der Waals surface area contributed by atoms with Crippen molar-refractivity contribution in [3.63, 3.8) is 0 Å². The summed E-state index contributed by atoms with van der Waals surface area (Å²) >= 11 is 8.85. The van der Waals surface area contributed by atoms with E-state index in [1.807, 2.05) is 30.3 Å². The summed E-state index contributed by atoms with van der Waals surface area (Å²) in [5, 5.41) is 0. The molecule has 0 amide bonds. The van der Waals surface area contributed by atoms with Crippen LogP contribution in [-0.2, 0) is 9.53 Å². The van der Waals surface area contributed by atoms with Gasteiger partial charge in [0.15, 0.2) is 6.61 Å². The van der Waals surface area contributed by atoms with Crippen molar-refractivity contribution in [3.05, 3.63) is 82.0 Å². The van der Waals surface area contributed by atoms with Crippen LogP contribution in [0.15, 0.2) is 48.5 Å². The number of esters is 1. The lowest BCUT2D eigenvalue weighted by Gasteiger charge is -2.08. The van der Waals surface area contributed by atoms with Gasteiger partial charge in [-0.2, -0.15) is 0 Å². The fraction of sp³-hybridized carbons (Fsp3) is 0.100. The summed E-state index contributed by atoms with van der Waals surface area (Å²) in [6, 6.07) is 16.3. The van der Waals surface area contributed by atoms with Gasteiger partial charge in [-0.05, 0) is 141 Å². The molecule has 0 atom stereocenters. The van der Waals surface area contributed by atoms with E-state index in [0.29, 0.717) is 12.4 Å². The molecule has 0 spiro atoms. The Morgan fingerprint density at radius 2 is 1.38 bits per heavy atom. The van der Waals surface area contributed by atoms with Crippen LogP contribution in [0.2, 0.25) is 0 Å². The maximum Gasteiger partial charge on any atom is 0.344 e. The number of H-pyrrole nitrogens is 1. The number of ether oxygens (including phenoxy) is 2. The Bertz CT molecular complexity index is 1870. The Hall–Kier alpha value is -2.30. The van der Waals surface area contributed by atoms with Gasteiger partial charge in [0.2, 0.25) is 0 Å². The van der Waals surface area contributed by atoms with E-state index in [4.69, 9.17) is 19.4 Å². The summed E-state index contributed by atoms with van der Waals surface area (Å²) < 4.78 is 16.1. The summed E-state index contributed by atoms with van der Waals surface area (Å²) in [4.78, 5) is 25.3. The van der Waals surface area contributed by atoms with Crippen molar-refractivity contribution in [2.45, 2.75) is 6.92 Å². The topological polar surface area (TPSA) is 77.1 Å². The Labute approximate surface area is 275 Å². The number of nitrogens with zero attached hydrogens (tertiary/aromatic N) is 2. The van der Waals surface area contributed by atoms with Gasteiger partial charge in [-0.3, -0.25) is 0 Å². The molecule has 5 heterocycles. The molecule has 4 aromatic rings. The molecule has 0 aliphatic carbocycles. The minimum atomic E-state index is -0.386. The number of carbonyl (C=O) groups is 1. The number of halogens is 3. The summed E-state index contributed by atoms with van der Waals surface area (Å²) in [5.74, 6) is 0.217. The third-order valence-corrected chi connectivity index (χ3v) is 11.1. The second-order valence-electron chi connectivity index (χ2n) is 8.82. The normalized spacial score (nSPS) is 12.1. The number of nitrogens with one attached hydrogen (secondary N) is 1. The number of benzene rings is 1. The largest absolute Gasteiger partial charge is 0.482 e. The molecule has 2 aliphatic heterocycles. The van der Waals surface area contributed by atoms with E-state index >= 15 is 0 Å². The predicted octanol–water partition coefficient (Wildman–Crippen LogP) is 8.81. The Morgan fingerprint density at radius 3 is 2.08 bits per heavy atom. The highest BCUT2D eigenvalue weighted by Gasteiger charge is 2.16. The van der Waals surface area contributed by atoms with Crippen LogP contribution in [0.4, 0.5) is 0 Å². The van der Waals surface area contributed by atoms with E-state index in [1.165, 1.54) is 4.70 Å². The first-order valence-electron chi connectivity index (χ1n) is 12.3. The summed E-state index contributed by atoms with van der Waals surface area (Å²) in [6.07, 6.45) is 8.22. The average molecular weight is 883 g/mol. The number of aromatic amines is 1. The molecular weight excluding hydrogens is 863 g/mol. The summed E-state index contributed by atoms with van der Waals surface area (Å²) in [6.45, 7) is 1.98. The van der Waals surface area contributed by atoms with Gasteiger partial charge in [-0.15, -0.1) is 11.3 Å². The highest BCUT2D eigenvalue weighted by Crippen LogP contribution is 2.37. The van der Waals surface area contributed by atoms with Crippen LogP contribution in [-0.4, -0.2) is 34.1 Å². The Morgan fingerprint density at radius 1 is 0.775 bits per heavy atom. The number of rotatable bonds is 5. The van der Waals surface area contributed by atoms with Crippen molar-refractivity contribution in [1.82, 2.24) is 15.0 Å². The number of aromatic nitrogens is 3. The van der Waals surface area contributed by atoms with E-state index in [2.05, 4.69) is 115 Å². The molecule has 0 saturated carbocycles. The first-order chi connectivity index (χ1) is 19.4. The lowest BCUT2D eigenvalue weighted by molar-refractivity contribution is -0.145. The van der Waals surface area contributed by atoms with Crippen LogP contribution in [0, 0.1) is 10.7 Å². The van der Waals surface area contributed by atoms with Gasteiger partial charge in [-0.25, -0.2) is 14.8 Å². The van der Waals surface area contributed by atoms with Crippen LogP contribution < -0.4 is 4.74 Å². The number of hydrogen-bond donors (Lipinski definition) is 1. The summed E-state index contributed by atoms with van der Waals surface area (Å²) in [7, 11) is 0. The average Bonchev–Trinajstić information content (AvgIpc) is 3.79. The number of thiophene rings is 1. The Balaban J connectivity index is 1.57. The zero-order chi connectivity index (χ0) is 27.8. The molecule has 1 N–H and O–H groups in total. The summed E-state index contributed by atoms with van der Waals surface area (Å²) in [5.41, 5.74) is 7.75. The molecular formula is C30H20I3N3O3S. The van der Waals surface area contributed by atoms with Gasteiger partial charge >= 0.3 is 5.97 Å². The Kier molecular flexibility index (Phi) is 8.28. The molecule has 6 rings (SSSR count). The van der Waals surface area contributed by atoms with Gasteiger partial charge in [0, 0.05) is 15.0 Å². The first-order valence-corrected chi connectivity index (χ1v) is 16.4. The molecule has 200 valence electrons. The predicted molar refractivity (Wildman–Crippen MR) is 188 cm³/mol. The van der Waals surface area contributed by atoms with Crippen molar-refractivity contribution in [3.8, 4) is 16.9 Å². The molecule has 3 aromatic heterocycles. The fourth-order valence-corrected chi connectivity index (χ4v) is 7.43. The maximum absolute atomic E-state index is 11.7. The molecule has 0 unspecified atom stereocenters. The van der Waals surface area contributed by atoms with Crippen molar-refractivity contribution in [2.75, 3.05) is 13.2 Å². The van der Waals surface area contributed by atoms with E-state index in [1.54, 1.807) is 18.3 Å². The minimum absolute atomic E-state index is 0.122. The lowest BCUT2D eigenvalue weighted by Crippen LogP contribution is -2.14. The molecule has 6 nitrogen and oxygen atoms in total. The van der Waals surface area contributed by atoms with Crippen molar-refractivity contribution < 1.29 is 14.3 Å². The lowest BCUT2D eigenvalue weighted by atomic mass is 10.0. The van der Waals surface area contributed by atoms with Crippen LogP contribution in [0.5, 0.6) is 5.75 Å². The highest BCUT2D eigenvalue weighted by atomic mass is 127. The van der Waals surface area contributed by atoms with E-state index in [0.717, 1.165) is 60.3 Å². The second-order valence-corrected chi connectivity index (χ2v) is 13.1. The van der Waals surface area contributed by atoms with Gasteiger partial charge in [0.25, 0.3) is 0 Å². The standard InChI is InChI=1S/C30H20I3N3O3S/c1-2-38-26(37)15-39-17-5-3-16(4-6-17)27-18-7-8-19(34-18)28(31)20-9-10-21(35-20)29(32)22-11-12-23(36-22)30(33)25-14-13-24(27)40-25/h3-14,36H,2,15H2,1H3. The molecule has 0 fully saturated rings. The second kappa shape index (κ2) is 11.9. The van der Waals surface area contributed by atoms with Gasteiger partial charge in [-0.1, -0.05) is 12.1 Å². The molecule has 40 heavy (non-hydrogen) atoms. The zero-order valence-corrected chi connectivity index (χ0v) is 28.3. The minimum Gasteiger partial charge on any atom is -0.482 e. The van der Waals surface area contributed by atoms with Crippen LogP contribution in [0.3, 0.4) is 0 Å². The van der Waals surface area contributed by atoms with Crippen molar-refractivity contribution >= 4 is 130 Å². The molecule has 0 radical (unpaired) electrons. The molecule has 8 bridgehead atoms. The molecule has 1 aromatic carbocycles. The van der Waals surface area contributed by atoms with Gasteiger partial charge in [0.05, 0.1) is 51.1 Å². The third kappa shape index (κ3) is 5.59. The molecule has 0 saturated heterocycles. The SMILES string of the molecule is CCOC(=O)COc1ccc(-c2c3nc(c(I)c4nc(c(I)c5ccc([nH]5)c(I)c5ccc2s5)C=C4)C=C3)cc1. The van der Waals surface area contributed by atoms with Gasteiger partial charge in [0.1, 0.15) is 5.75 Å². The van der Waals surface area contributed by atoms with E-state index in [-0.39, 0.29) is 12.6 Å². The molecule has 10 heteroatoms. The highest BCUT2D eigenvalue weighted by molar-refractivity contribution is 14.1. The fourth-order valence-electron chi connectivity index (χ4n) is 4.35. The van der Waals surface area contributed by atoms with Crippen LogP contribution in [0.25, 0.3) is 55.9 Å². The zero-order valence-electron chi connectivity index (χ0n) is 21.0. The monoisotopic (exact) mass is 883 g/mol. The van der Waals surface area contributed by atoms with E-state index in [9.17, 15) is 4.79 Å². The third-order valence-electron chi connectivity index (χ3n) is 6.24.